The highest BCUT2D eigenvalue weighted by molar-refractivity contribution is 4.74. The van der Waals surface area contributed by atoms with Crippen molar-refractivity contribution < 1.29 is 4.74 Å². The second kappa shape index (κ2) is 7.53. The lowest BCUT2D eigenvalue weighted by molar-refractivity contribution is 0.142. The Morgan fingerprint density at radius 3 is 2.67 bits per heavy atom. The van der Waals surface area contributed by atoms with E-state index in [4.69, 9.17) is 4.74 Å². The Hall–Kier alpha value is -0.120. The van der Waals surface area contributed by atoms with Crippen LogP contribution in [0.4, 0.5) is 0 Å². The quantitative estimate of drug-likeness (QED) is 0.688. The molecule has 1 aliphatic heterocycles. The zero-order chi connectivity index (χ0) is 9.40. The standard InChI is InChI=1S/C7H16N2O.C2H6/c1-3-9-6-10-5-7(9)4-8-2;1-2/h7-8H,3-6H2,1-2H3;1-2H3. The SMILES string of the molecule is CC.CCN1COCC1CNC. The van der Waals surface area contributed by atoms with Gasteiger partial charge in [0.2, 0.25) is 0 Å². The van der Waals surface area contributed by atoms with E-state index in [0.29, 0.717) is 6.04 Å². The summed E-state index contributed by atoms with van der Waals surface area (Å²) in [5.41, 5.74) is 0. The minimum absolute atomic E-state index is 0.593. The Morgan fingerprint density at radius 2 is 2.17 bits per heavy atom. The lowest BCUT2D eigenvalue weighted by Gasteiger charge is -2.19. The van der Waals surface area contributed by atoms with Crippen LogP contribution < -0.4 is 5.32 Å². The molecule has 0 aromatic rings. The predicted octanol–water partition coefficient (Wildman–Crippen LogP) is 0.910. The zero-order valence-electron chi connectivity index (χ0n) is 8.76. The summed E-state index contributed by atoms with van der Waals surface area (Å²) in [6.07, 6.45) is 0. The van der Waals surface area contributed by atoms with E-state index in [1.165, 1.54) is 0 Å². The van der Waals surface area contributed by atoms with Gasteiger partial charge in [0, 0.05) is 12.6 Å². The number of ether oxygens (including phenoxy) is 1. The summed E-state index contributed by atoms with van der Waals surface area (Å²) < 4.78 is 5.30. The van der Waals surface area contributed by atoms with Gasteiger partial charge in [0.05, 0.1) is 13.3 Å². The van der Waals surface area contributed by atoms with Gasteiger partial charge < -0.3 is 10.1 Å². The Kier molecular flexibility index (Phi) is 7.45. The van der Waals surface area contributed by atoms with E-state index in [1.54, 1.807) is 0 Å². The summed E-state index contributed by atoms with van der Waals surface area (Å²) >= 11 is 0. The molecule has 0 saturated carbocycles. The molecule has 12 heavy (non-hydrogen) atoms. The van der Waals surface area contributed by atoms with Crippen LogP contribution in [0.1, 0.15) is 20.8 Å². The molecular formula is C9H22N2O. The van der Waals surface area contributed by atoms with Gasteiger partial charge >= 0.3 is 0 Å². The second-order valence-electron chi connectivity index (χ2n) is 2.62. The van der Waals surface area contributed by atoms with Crippen LogP contribution >= 0.6 is 0 Å². The van der Waals surface area contributed by atoms with Crippen molar-refractivity contribution in [3.8, 4) is 0 Å². The van der Waals surface area contributed by atoms with Crippen molar-refractivity contribution in [2.75, 3.05) is 33.5 Å². The monoisotopic (exact) mass is 174 g/mol. The highest BCUT2D eigenvalue weighted by Crippen LogP contribution is 2.06. The van der Waals surface area contributed by atoms with E-state index < -0.39 is 0 Å². The maximum absolute atomic E-state index is 5.30. The first-order chi connectivity index (χ1) is 5.88. The maximum atomic E-state index is 5.30. The maximum Gasteiger partial charge on any atom is 0.0994 e. The molecule has 1 saturated heterocycles. The van der Waals surface area contributed by atoms with E-state index in [0.717, 1.165) is 26.4 Å². The smallest absolute Gasteiger partial charge is 0.0994 e. The first-order valence-corrected chi connectivity index (χ1v) is 4.85. The van der Waals surface area contributed by atoms with Gasteiger partial charge in [-0.2, -0.15) is 0 Å². The molecule has 0 spiro atoms. The highest BCUT2D eigenvalue weighted by atomic mass is 16.5. The molecular weight excluding hydrogens is 152 g/mol. The summed E-state index contributed by atoms with van der Waals surface area (Å²) in [4.78, 5) is 2.33. The lowest BCUT2D eigenvalue weighted by atomic mass is 10.3. The molecule has 0 aliphatic carbocycles. The zero-order valence-corrected chi connectivity index (χ0v) is 8.76. The van der Waals surface area contributed by atoms with Crippen molar-refractivity contribution in [2.24, 2.45) is 0 Å². The first-order valence-electron chi connectivity index (χ1n) is 4.85. The summed E-state index contributed by atoms with van der Waals surface area (Å²) in [6, 6.07) is 0.593. The molecule has 0 amide bonds. The molecule has 1 rings (SSSR count). The third-order valence-electron chi connectivity index (χ3n) is 1.93. The van der Waals surface area contributed by atoms with Gasteiger partial charge in [0.15, 0.2) is 0 Å². The Morgan fingerprint density at radius 1 is 1.50 bits per heavy atom. The van der Waals surface area contributed by atoms with Gasteiger partial charge in [-0.15, -0.1) is 0 Å². The molecule has 1 atom stereocenters. The lowest BCUT2D eigenvalue weighted by Crippen LogP contribution is -2.38. The number of nitrogens with zero attached hydrogens (tertiary/aromatic N) is 1. The average Bonchev–Trinajstić information content (AvgIpc) is 2.56. The summed E-state index contributed by atoms with van der Waals surface area (Å²) in [5, 5.41) is 3.15. The summed E-state index contributed by atoms with van der Waals surface area (Å²) in [7, 11) is 1.98. The fraction of sp³-hybridized carbons (Fsp3) is 1.00. The van der Waals surface area contributed by atoms with Crippen molar-refractivity contribution in [2.45, 2.75) is 26.8 Å². The van der Waals surface area contributed by atoms with Crippen LogP contribution in [0, 0.1) is 0 Å². The van der Waals surface area contributed by atoms with Crippen molar-refractivity contribution in [3.63, 3.8) is 0 Å². The number of likely N-dealkylation sites (N-methyl/N-ethyl adjacent to an activating group) is 2. The van der Waals surface area contributed by atoms with Gasteiger partial charge in [-0.3, -0.25) is 4.90 Å². The molecule has 0 bridgehead atoms. The molecule has 1 heterocycles. The van der Waals surface area contributed by atoms with Gasteiger partial charge in [-0.25, -0.2) is 0 Å². The van der Waals surface area contributed by atoms with Crippen LogP contribution in [0.25, 0.3) is 0 Å². The van der Waals surface area contributed by atoms with Crippen molar-refractivity contribution in [3.05, 3.63) is 0 Å². The van der Waals surface area contributed by atoms with Crippen LogP contribution in [0.15, 0.2) is 0 Å². The highest BCUT2D eigenvalue weighted by Gasteiger charge is 2.22. The minimum atomic E-state index is 0.593. The number of rotatable bonds is 3. The Balaban J connectivity index is 0.000000561. The largest absolute Gasteiger partial charge is 0.364 e. The molecule has 1 N–H and O–H groups in total. The topological polar surface area (TPSA) is 24.5 Å². The van der Waals surface area contributed by atoms with Crippen molar-refractivity contribution in [1.29, 1.82) is 0 Å². The Bertz CT molecular complexity index is 98.5. The van der Waals surface area contributed by atoms with Crippen molar-refractivity contribution >= 4 is 0 Å². The fourth-order valence-corrected chi connectivity index (χ4v) is 1.29. The van der Waals surface area contributed by atoms with E-state index in [1.807, 2.05) is 20.9 Å². The molecule has 0 radical (unpaired) electrons. The first kappa shape index (κ1) is 11.9. The second-order valence-corrected chi connectivity index (χ2v) is 2.62. The third-order valence-corrected chi connectivity index (χ3v) is 1.93. The number of nitrogens with one attached hydrogen (secondary N) is 1. The summed E-state index contributed by atoms with van der Waals surface area (Å²) in [6.45, 7) is 9.98. The predicted molar refractivity (Wildman–Crippen MR) is 52.3 cm³/mol. The number of hydrogen-bond donors (Lipinski definition) is 1. The fourth-order valence-electron chi connectivity index (χ4n) is 1.29. The molecule has 74 valence electrons. The van der Waals surface area contributed by atoms with E-state index >= 15 is 0 Å². The average molecular weight is 174 g/mol. The van der Waals surface area contributed by atoms with Gasteiger partial charge in [0.1, 0.15) is 0 Å². The molecule has 1 fully saturated rings. The van der Waals surface area contributed by atoms with Crippen LogP contribution in [0.2, 0.25) is 0 Å². The molecule has 0 aromatic carbocycles. The van der Waals surface area contributed by atoms with Crippen LogP contribution in [0.3, 0.4) is 0 Å². The number of hydrogen-bond acceptors (Lipinski definition) is 3. The molecule has 0 aromatic heterocycles. The van der Waals surface area contributed by atoms with Crippen molar-refractivity contribution in [1.82, 2.24) is 10.2 Å². The van der Waals surface area contributed by atoms with Gasteiger partial charge in [-0.05, 0) is 13.6 Å². The molecule has 1 unspecified atom stereocenters. The van der Waals surface area contributed by atoms with Gasteiger partial charge in [-0.1, -0.05) is 20.8 Å². The Labute approximate surface area is 76.1 Å². The van der Waals surface area contributed by atoms with Crippen LogP contribution in [-0.4, -0.2) is 44.4 Å². The van der Waals surface area contributed by atoms with Gasteiger partial charge in [0.25, 0.3) is 0 Å². The van der Waals surface area contributed by atoms with E-state index in [9.17, 15) is 0 Å². The molecule has 1 aliphatic rings. The molecule has 3 heteroatoms. The van der Waals surface area contributed by atoms with E-state index in [-0.39, 0.29) is 0 Å². The minimum Gasteiger partial charge on any atom is -0.364 e. The third kappa shape index (κ3) is 3.52. The summed E-state index contributed by atoms with van der Waals surface area (Å²) in [5.74, 6) is 0. The normalized spacial score (nSPS) is 23.5. The van der Waals surface area contributed by atoms with E-state index in [2.05, 4.69) is 17.1 Å². The van der Waals surface area contributed by atoms with Crippen LogP contribution in [0.5, 0.6) is 0 Å². The van der Waals surface area contributed by atoms with Crippen LogP contribution in [-0.2, 0) is 4.74 Å². The molecule has 3 nitrogen and oxygen atoms in total.